The predicted molar refractivity (Wildman–Crippen MR) is 131 cm³/mol. The van der Waals surface area contributed by atoms with E-state index in [9.17, 15) is 14.7 Å². The van der Waals surface area contributed by atoms with Crippen molar-refractivity contribution < 1.29 is 14.3 Å². The van der Waals surface area contributed by atoms with Crippen LogP contribution in [0.25, 0.3) is 16.5 Å². The van der Waals surface area contributed by atoms with Crippen LogP contribution in [-0.2, 0) is 0 Å². The summed E-state index contributed by atoms with van der Waals surface area (Å²) >= 11 is 5.87. The van der Waals surface area contributed by atoms with E-state index in [-0.39, 0.29) is 16.3 Å². The van der Waals surface area contributed by atoms with Crippen LogP contribution >= 0.6 is 11.6 Å². The number of aliphatic imine (C=N–C) groups is 1. The number of hydrogen-bond donors (Lipinski definition) is 3. The molecule has 1 atom stereocenters. The van der Waals surface area contributed by atoms with Crippen LogP contribution in [0.15, 0.2) is 44.2 Å². The summed E-state index contributed by atoms with van der Waals surface area (Å²) in [6, 6.07) is 6.28. The van der Waals surface area contributed by atoms with Crippen LogP contribution in [-0.4, -0.2) is 29.3 Å². The van der Waals surface area contributed by atoms with Gasteiger partial charge in [-0.2, -0.15) is 0 Å². The van der Waals surface area contributed by atoms with Crippen molar-refractivity contribution in [2.45, 2.75) is 33.7 Å². The number of aryl methyl sites for hydroxylation is 1. The lowest BCUT2D eigenvalue weighted by Crippen LogP contribution is -2.15. The molecule has 33 heavy (non-hydrogen) atoms. The fourth-order valence-corrected chi connectivity index (χ4v) is 3.79. The van der Waals surface area contributed by atoms with E-state index in [1.165, 1.54) is 6.07 Å². The van der Waals surface area contributed by atoms with Gasteiger partial charge in [0.15, 0.2) is 11.1 Å². The molecule has 0 amide bonds. The highest BCUT2D eigenvalue weighted by Gasteiger charge is 2.21. The van der Waals surface area contributed by atoms with Gasteiger partial charge >= 0.3 is 5.97 Å². The number of halogens is 1. The fraction of sp³-hybridized carbons (Fsp3) is 0.250. The molecule has 1 aromatic carbocycles. The Balaban J connectivity index is 2.24. The lowest BCUT2D eigenvalue weighted by Gasteiger charge is -2.20. The molecule has 8 nitrogen and oxygen atoms in total. The van der Waals surface area contributed by atoms with Gasteiger partial charge in [-0.1, -0.05) is 17.7 Å². The Morgan fingerprint density at radius 3 is 2.64 bits per heavy atom. The van der Waals surface area contributed by atoms with Gasteiger partial charge < -0.3 is 20.6 Å². The highest BCUT2D eigenvalue weighted by Crippen LogP contribution is 2.31. The van der Waals surface area contributed by atoms with Crippen molar-refractivity contribution in [1.82, 2.24) is 4.98 Å². The Bertz CT molecular complexity index is 1370. The number of hydrogen-bond acceptors (Lipinski definition) is 7. The normalized spacial score (nSPS) is 13.3. The summed E-state index contributed by atoms with van der Waals surface area (Å²) in [5, 5.41) is 13.2. The molecule has 0 aliphatic carbocycles. The average molecular weight is 469 g/mol. The first kappa shape index (κ1) is 24.0. The number of nitrogens with one attached hydrogen (secondary N) is 1. The number of rotatable bonds is 6. The first-order valence-corrected chi connectivity index (χ1v) is 10.6. The monoisotopic (exact) mass is 468 g/mol. The number of nitrogens with zero attached hydrogens (tertiary/aromatic N) is 2. The van der Waals surface area contributed by atoms with E-state index in [0.29, 0.717) is 44.8 Å². The second kappa shape index (κ2) is 9.46. The number of anilines is 1. The van der Waals surface area contributed by atoms with Crippen LogP contribution < -0.4 is 16.5 Å². The number of carboxylic acids is 1. The topological polar surface area (TPSA) is 131 Å². The number of aromatic nitrogens is 1. The zero-order valence-corrected chi connectivity index (χ0v) is 19.7. The summed E-state index contributed by atoms with van der Waals surface area (Å²) in [5.41, 5.74) is 9.29. The van der Waals surface area contributed by atoms with Crippen molar-refractivity contribution in [3.05, 3.63) is 73.5 Å². The van der Waals surface area contributed by atoms with E-state index in [0.717, 1.165) is 5.56 Å². The van der Waals surface area contributed by atoms with Gasteiger partial charge in [-0.3, -0.25) is 9.79 Å². The molecule has 3 rings (SSSR count). The number of allylic oxidation sites excluding steroid dienone is 2. The maximum Gasteiger partial charge on any atom is 0.356 e. The molecule has 9 heteroatoms. The summed E-state index contributed by atoms with van der Waals surface area (Å²) in [6.45, 7) is 7.12. The van der Waals surface area contributed by atoms with Gasteiger partial charge in [-0.05, 0) is 51.5 Å². The Kier molecular flexibility index (Phi) is 6.88. The molecule has 1 unspecified atom stereocenters. The number of nitrogens with two attached hydrogens (primary N) is 1. The van der Waals surface area contributed by atoms with E-state index in [1.54, 1.807) is 39.2 Å². The van der Waals surface area contributed by atoms with Crippen LogP contribution in [0.2, 0.25) is 5.15 Å². The molecule has 0 radical (unpaired) electrons. The number of aromatic carboxylic acids is 1. The highest BCUT2D eigenvalue weighted by atomic mass is 35.5. The molecule has 4 N–H and O–H groups in total. The highest BCUT2D eigenvalue weighted by molar-refractivity contribution is 6.29. The summed E-state index contributed by atoms with van der Waals surface area (Å²) < 4.78 is 6.27. The Hall–Kier alpha value is -3.65. The third kappa shape index (κ3) is 4.75. The van der Waals surface area contributed by atoms with Crippen molar-refractivity contribution in [3.63, 3.8) is 0 Å². The van der Waals surface area contributed by atoms with Gasteiger partial charge in [-0.25, -0.2) is 9.78 Å². The van der Waals surface area contributed by atoms with E-state index in [1.807, 2.05) is 19.9 Å². The van der Waals surface area contributed by atoms with E-state index in [4.69, 9.17) is 21.8 Å². The van der Waals surface area contributed by atoms with Gasteiger partial charge in [0.25, 0.3) is 0 Å². The van der Waals surface area contributed by atoms with Gasteiger partial charge in [0.05, 0.1) is 22.7 Å². The summed E-state index contributed by atoms with van der Waals surface area (Å²) in [7, 11) is 1.61. The number of carboxylic acid groups (broad SMARTS) is 1. The van der Waals surface area contributed by atoms with Crippen LogP contribution in [0.3, 0.4) is 0 Å². The van der Waals surface area contributed by atoms with E-state index < -0.39 is 12.0 Å². The van der Waals surface area contributed by atoms with Gasteiger partial charge in [0, 0.05) is 30.1 Å². The zero-order chi connectivity index (χ0) is 24.4. The molecule has 0 bridgehead atoms. The smallest absolute Gasteiger partial charge is 0.356 e. The maximum absolute atomic E-state index is 13.3. The molecule has 0 saturated carbocycles. The average Bonchev–Trinajstić information content (AvgIpc) is 2.75. The van der Waals surface area contributed by atoms with E-state index >= 15 is 0 Å². The molecular formula is C24H25ClN4O4. The first-order valence-electron chi connectivity index (χ1n) is 10.2. The van der Waals surface area contributed by atoms with Crippen molar-refractivity contribution in [2.75, 3.05) is 12.4 Å². The minimum absolute atomic E-state index is 0.0757. The fourth-order valence-electron chi connectivity index (χ4n) is 3.64. The molecule has 0 aliphatic heterocycles. The molecule has 172 valence electrons. The number of carbonyl (C=O) groups is 1. The number of pyridine rings is 1. The van der Waals surface area contributed by atoms with Crippen molar-refractivity contribution in [2.24, 2.45) is 10.7 Å². The third-order valence-corrected chi connectivity index (χ3v) is 5.43. The molecule has 3 aromatic rings. The molecule has 2 heterocycles. The quantitative estimate of drug-likeness (QED) is 0.352. The Labute approximate surface area is 195 Å². The van der Waals surface area contributed by atoms with E-state index in [2.05, 4.69) is 15.3 Å². The largest absolute Gasteiger partial charge is 0.476 e. The third-order valence-electron chi connectivity index (χ3n) is 5.22. The molecule has 0 saturated heterocycles. The minimum Gasteiger partial charge on any atom is -0.476 e. The lowest BCUT2D eigenvalue weighted by atomic mass is 9.98. The Morgan fingerprint density at radius 2 is 2.03 bits per heavy atom. The maximum atomic E-state index is 13.3. The second-order valence-corrected chi connectivity index (χ2v) is 8.19. The SMILES string of the molecule is CN=C/C(=C(/C)N)c1oc2c(C(C)Nc3ccc(Cl)nc3C(=O)O)cc(C)cc2c(=O)c1C. The number of benzene rings is 1. The van der Waals surface area contributed by atoms with Crippen LogP contribution in [0, 0.1) is 13.8 Å². The summed E-state index contributed by atoms with van der Waals surface area (Å²) in [4.78, 5) is 32.8. The first-order chi connectivity index (χ1) is 15.5. The second-order valence-electron chi connectivity index (χ2n) is 7.80. The zero-order valence-electron chi connectivity index (χ0n) is 19.0. The predicted octanol–water partition coefficient (Wildman–Crippen LogP) is 4.72. The van der Waals surface area contributed by atoms with Crippen LogP contribution in [0.5, 0.6) is 0 Å². The summed E-state index contributed by atoms with van der Waals surface area (Å²) in [6.07, 6.45) is 1.56. The standard InChI is InChI=1S/C24H25ClN4O4/c1-11-8-15(14(4)28-18-6-7-19(25)29-20(18)24(31)32)23-16(9-11)21(30)12(2)22(33-23)17(10-27-5)13(3)26/h6-10,14,28H,26H2,1-5H3,(H,31,32)/b17-13+,27-10?. The van der Waals surface area contributed by atoms with Gasteiger partial charge in [-0.15, -0.1) is 0 Å². The molecule has 0 aliphatic rings. The summed E-state index contributed by atoms with van der Waals surface area (Å²) in [5.74, 6) is -0.868. The van der Waals surface area contributed by atoms with Gasteiger partial charge in [0.2, 0.25) is 0 Å². The molecular weight excluding hydrogens is 444 g/mol. The molecule has 0 fully saturated rings. The van der Waals surface area contributed by atoms with Gasteiger partial charge in [0.1, 0.15) is 16.5 Å². The minimum atomic E-state index is -1.21. The van der Waals surface area contributed by atoms with Crippen molar-refractivity contribution >= 4 is 46.0 Å². The van der Waals surface area contributed by atoms with Crippen LogP contribution in [0.1, 0.15) is 52.8 Å². The van der Waals surface area contributed by atoms with Crippen molar-refractivity contribution in [1.29, 1.82) is 0 Å². The Morgan fingerprint density at radius 1 is 1.33 bits per heavy atom. The van der Waals surface area contributed by atoms with Crippen molar-refractivity contribution in [3.8, 4) is 0 Å². The lowest BCUT2D eigenvalue weighted by molar-refractivity contribution is 0.0691. The van der Waals surface area contributed by atoms with Crippen LogP contribution in [0.4, 0.5) is 5.69 Å². The molecule has 2 aromatic heterocycles. The molecule has 0 spiro atoms. The number of fused-ring (bicyclic) bond motifs is 1.